The zero-order valence-corrected chi connectivity index (χ0v) is 16.3. The van der Waals surface area contributed by atoms with Crippen LogP contribution in [0, 0.1) is 0 Å². The molecule has 7 nitrogen and oxygen atoms in total. The molecule has 1 aromatic rings. The van der Waals surface area contributed by atoms with Gasteiger partial charge in [0.1, 0.15) is 0 Å². The summed E-state index contributed by atoms with van der Waals surface area (Å²) in [5, 5.41) is 3.63. The molecule has 0 saturated carbocycles. The second kappa shape index (κ2) is 8.23. The third-order valence-corrected chi connectivity index (χ3v) is 6.47. The summed E-state index contributed by atoms with van der Waals surface area (Å²) in [6.45, 7) is 4.64. The Morgan fingerprint density at radius 2 is 2.00 bits per heavy atom. The summed E-state index contributed by atoms with van der Waals surface area (Å²) in [4.78, 5) is 20.2. The minimum atomic E-state index is 0.236. The lowest BCUT2D eigenvalue weighted by Crippen LogP contribution is -2.58. The number of hydrogen-bond acceptors (Lipinski definition) is 6. The molecule has 2 fully saturated rings. The van der Waals surface area contributed by atoms with E-state index in [1.807, 2.05) is 24.9 Å². The van der Waals surface area contributed by atoms with Crippen LogP contribution in [0.1, 0.15) is 6.42 Å². The predicted molar refractivity (Wildman–Crippen MR) is 106 cm³/mol. The Bertz CT molecular complexity index is 564. The van der Waals surface area contributed by atoms with Crippen molar-refractivity contribution in [2.24, 2.45) is 4.99 Å². The number of rotatable bonds is 4. The lowest BCUT2D eigenvalue weighted by Gasteiger charge is -2.39. The van der Waals surface area contributed by atoms with Gasteiger partial charge in [-0.25, -0.2) is 9.97 Å². The molecule has 0 aliphatic carbocycles. The predicted octanol–water partition coefficient (Wildman–Crippen LogP) is 0.611. The lowest BCUT2D eigenvalue weighted by molar-refractivity contribution is 0.181. The topological polar surface area (TPSA) is 59.9 Å². The van der Waals surface area contributed by atoms with Crippen molar-refractivity contribution in [2.75, 3.05) is 70.3 Å². The van der Waals surface area contributed by atoms with Crippen LogP contribution in [0.15, 0.2) is 23.5 Å². The number of likely N-dealkylation sites (N-methyl/N-ethyl adjacent to an activating group) is 1. The average Bonchev–Trinajstić information content (AvgIpc) is 3.14. The van der Waals surface area contributed by atoms with Crippen molar-refractivity contribution in [3.8, 4) is 0 Å². The third-order valence-electron chi connectivity index (χ3n) is 5.23. The van der Waals surface area contributed by atoms with E-state index in [1.165, 1.54) is 17.9 Å². The molecule has 0 aromatic carbocycles. The SMILES string of the molecule is CN=C(NCC1(N(C)C)CCSC1)N1CCN(c2ncccn2)CC1. The second-order valence-electron chi connectivity index (χ2n) is 6.85. The molecule has 3 heterocycles. The molecule has 1 atom stereocenters. The van der Waals surface area contributed by atoms with Crippen molar-refractivity contribution < 1.29 is 0 Å². The van der Waals surface area contributed by atoms with Crippen molar-refractivity contribution in [3.05, 3.63) is 18.5 Å². The summed E-state index contributed by atoms with van der Waals surface area (Å²) < 4.78 is 0. The van der Waals surface area contributed by atoms with Crippen LogP contribution in [0.25, 0.3) is 0 Å². The smallest absolute Gasteiger partial charge is 0.225 e. The van der Waals surface area contributed by atoms with Crippen LogP contribution >= 0.6 is 11.8 Å². The molecule has 25 heavy (non-hydrogen) atoms. The molecule has 1 unspecified atom stereocenters. The molecule has 2 saturated heterocycles. The first-order chi connectivity index (χ1) is 12.1. The van der Waals surface area contributed by atoms with Gasteiger partial charge in [0.2, 0.25) is 5.95 Å². The first-order valence-corrected chi connectivity index (χ1v) is 10.0. The Balaban J connectivity index is 1.54. The van der Waals surface area contributed by atoms with Gasteiger partial charge in [-0.05, 0) is 32.3 Å². The zero-order chi connectivity index (χ0) is 17.7. The minimum absolute atomic E-state index is 0.236. The van der Waals surface area contributed by atoms with Crippen LogP contribution in [-0.4, -0.2) is 96.6 Å². The van der Waals surface area contributed by atoms with E-state index in [-0.39, 0.29) is 5.54 Å². The minimum Gasteiger partial charge on any atom is -0.354 e. The quantitative estimate of drug-likeness (QED) is 0.621. The normalized spacial score (nSPS) is 24.9. The fourth-order valence-corrected chi connectivity index (χ4v) is 4.95. The van der Waals surface area contributed by atoms with E-state index in [0.29, 0.717) is 0 Å². The molecule has 3 rings (SSSR count). The monoisotopic (exact) mass is 363 g/mol. The number of aromatic nitrogens is 2. The number of piperazine rings is 1. The highest BCUT2D eigenvalue weighted by molar-refractivity contribution is 7.99. The molecule has 0 bridgehead atoms. The molecule has 0 radical (unpaired) electrons. The molecule has 2 aliphatic heterocycles. The summed E-state index contributed by atoms with van der Waals surface area (Å²) in [6.07, 6.45) is 4.83. The van der Waals surface area contributed by atoms with E-state index in [1.54, 1.807) is 12.4 Å². The molecule has 1 N–H and O–H groups in total. The van der Waals surface area contributed by atoms with Crippen LogP contribution in [0.2, 0.25) is 0 Å². The van der Waals surface area contributed by atoms with Crippen LogP contribution in [0.5, 0.6) is 0 Å². The molecule has 0 spiro atoms. The first-order valence-electron chi connectivity index (χ1n) is 8.87. The van der Waals surface area contributed by atoms with Crippen LogP contribution in [0.3, 0.4) is 0 Å². The lowest BCUT2D eigenvalue weighted by atomic mass is 9.97. The maximum atomic E-state index is 4.52. The van der Waals surface area contributed by atoms with Gasteiger partial charge in [-0.3, -0.25) is 4.99 Å². The number of thioether (sulfide) groups is 1. The van der Waals surface area contributed by atoms with Crippen molar-refractivity contribution >= 4 is 23.7 Å². The van der Waals surface area contributed by atoms with Gasteiger partial charge in [-0.15, -0.1) is 0 Å². The number of nitrogens with zero attached hydrogens (tertiary/aromatic N) is 6. The van der Waals surface area contributed by atoms with Crippen molar-refractivity contribution in [3.63, 3.8) is 0 Å². The molecule has 1 aromatic heterocycles. The second-order valence-corrected chi connectivity index (χ2v) is 7.95. The van der Waals surface area contributed by atoms with Gasteiger partial charge in [0.05, 0.1) is 0 Å². The van der Waals surface area contributed by atoms with E-state index in [0.717, 1.165) is 44.6 Å². The molecular weight excluding hydrogens is 334 g/mol. The van der Waals surface area contributed by atoms with Gasteiger partial charge in [0, 0.05) is 63.5 Å². The average molecular weight is 364 g/mol. The Labute approximate surface area is 154 Å². The third kappa shape index (κ3) is 4.17. The maximum absolute atomic E-state index is 4.52. The zero-order valence-electron chi connectivity index (χ0n) is 15.5. The van der Waals surface area contributed by atoms with Crippen molar-refractivity contribution in [1.29, 1.82) is 0 Å². The number of nitrogens with one attached hydrogen (secondary N) is 1. The molecular formula is C17H29N7S. The summed E-state index contributed by atoms with van der Waals surface area (Å²) in [7, 11) is 6.25. The summed E-state index contributed by atoms with van der Waals surface area (Å²) in [5.74, 6) is 4.25. The van der Waals surface area contributed by atoms with Crippen LogP contribution in [0.4, 0.5) is 5.95 Å². The molecule has 138 valence electrons. The summed E-state index contributed by atoms with van der Waals surface area (Å²) >= 11 is 2.05. The van der Waals surface area contributed by atoms with Gasteiger partial charge in [0.25, 0.3) is 0 Å². The van der Waals surface area contributed by atoms with Crippen molar-refractivity contribution in [2.45, 2.75) is 12.0 Å². The number of anilines is 1. The summed E-state index contributed by atoms with van der Waals surface area (Å²) in [6, 6.07) is 1.85. The van der Waals surface area contributed by atoms with Gasteiger partial charge >= 0.3 is 0 Å². The van der Waals surface area contributed by atoms with E-state index < -0.39 is 0 Å². The van der Waals surface area contributed by atoms with E-state index in [9.17, 15) is 0 Å². The molecule has 0 amide bonds. The van der Waals surface area contributed by atoms with Gasteiger partial charge in [-0.1, -0.05) is 0 Å². The Hall–Kier alpha value is -1.54. The number of hydrogen-bond donors (Lipinski definition) is 1. The van der Waals surface area contributed by atoms with Crippen LogP contribution in [-0.2, 0) is 0 Å². The summed E-state index contributed by atoms with van der Waals surface area (Å²) in [5.41, 5.74) is 0.236. The highest BCUT2D eigenvalue weighted by atomic mass is 32.2. The first kappa shape index (κ1) is 18.3. The van der Waals surface area contributed by atoms with Crippen LogP contribution < -0.4 is 10.2 Å². The fraction of sp³-hybridized carbons (Fsp3) is 0.706. The fourth-order valence-electron chi connectivity index (χ4n) is 3.40. The Morgan fingerprint density at radius 1 is 1.28 bits per heavy atom. The maximum Gasteiger partial charge on any atom is 0.225 e. The molecule has 8 heteroatoms. The van der Waals surface area contributed by atoms with E-state index in [4.69, 9.17) is 0 Å². The van der Waals surface area contributed by atoms with Crippen molar-refractivity contribution in [1.82, 2.24) is 25.1 Å². The number of aliphatic imine (C=N–C) groups is 1. The van der Waals surface area contributed by atoms with Gasteiger partial charge < -0.3 is 20.0 Å². The Kier molecular flexibility index (Phi) is 6.01. The van der Waals surface area contributed by atoms with E-state index >= 15 is 0 Å². The number of guanidine groups is 1. The standard InChI is InChI=1S/C17H29N7S/c1-18-15(21-13-17(22(2)3)5-12-25-14-17)23-8-10-24(11-9-23)16-19-6-4-7-20-16/h4,6-7H,5,8-14H2,1-3H3,(H,18,21). The van der Waals surface area contributed by atoms with Gasteiger partial charge in [-0.2, -0.15) is 11.8 Å². The molecule has 2 aliphatic rings. The van der Waals surface area contributed by atoms with E-state index in [2.05, 4.69) is 49.1 Å². The van der Waals surface area contributed by atoms with Gasteiger partial charge in [0.15, 0.2) is 5.96 Å². The largest absolute Gasteiger partial charge is 0.354 e. The highest BCUT2D eigenvalue weighted by Gasteiger charge is 2.37. The highest BCUT2D eigenvalue weighted by Crippen LogP contribution is 2.31. The Morgan fingerprint density at radius 3 is 2.56 bits per heavy atom.